The summed E-state index contributed by atoms with van der Waals surface area (Å²) in [5, 5.41) is 2.31. The van der Waals surface area contributed by atoms with Crippen LogP contribution in [0.3, 0.4) is 0 Å². The molecular formula is C15H12O3S. The summed E-state index contributed by atoms with van der Waals surface area (Å²) < 4.78 is 29.0. The van der Waals surface area contributed by atoms with Crippen molar-refractivity contribution in [1.82, 2.24) is 0 Å². The number of sulfone groups is 1. The fraction of sp³-hybridized carbons (Fsp3) is 0.0667. The van der Waals surface area contributed by atoms with E-state index in [0.717, 1.165) is 0 Å². The third-order valence-corrected chi connectivity index (χ3v) is 3.72. The van der Waals surface area contributed by atoms with Gasteiger partial charge in [-0.15, -0.1) is 0 Å². The second kappa shape index (κ2) is 5.59. The third kappa shape index (κ3) is 3.36. The molecule has 0 saturated heterocycles. The number of rotatable bonds is 2. The van der Waals surface area contributed by atoms with Crippen molar-refractivity contribution in [1.29, 1.82) is 0 Å². The summed E-state index contributed by atoms with van der Waals surface area (Å²) in [4.78, 5) is 0.199. The van der Waals surface area contributed by atoms with Crippen molar-refractivity contribution in [2.75, 3.05) is 7.11 Å². The van der Waals surface area contributed by atoms with E-state index >= 15 is 0 Å². The minimum Gasteiger partial charge on any atom is -0.497 e. The molecule has 0 spiro atoms. The SMILES string of the molecule is COc1cccc(C#CS(=O)(=O)c2ccccc2)c1. The van der Waals surface area contributed by atoms with Crippen molar-refractivity contribution < 1.29 is 13.2 Å². The standard InChI is InChI=1S/C15H12O3S/c1-18-14-7-5-6-13(12-14)10-11-19(16,17)15-8-3-2-4-9-15/h2-9,12H,1H3. The van der Waals surface area contributed by atoms with Crippen LogP contribution in [0, 0.1) is 11.2 Å². The highest BCUT2D eigenvalue weighted by Gasteiger charge is 2.08. The Morgan fingerprint density at radius 3 is 2.42 bits per heavy atom. The van der Waals surface area contributed by atoms with Crippen molar-refractivity contribution in [2.24, 2.45) is 0 Å². The summed E-state index contributed by atoms with van der Waals surface area (Å²) in [7, 11) is -2.03. The lowest BCUT2D eigenvalue weighted by Gasteiger charge is -1.98. The highest BCUT2D eigenvalue weighted by molar-refractivity contribution is 7.96. The van der Waals surface area contributed by atoms with Gasteiger partial charge in [-0.3, -0.25) is 0 Å². The molecule has 0 unspecified atom stereocenters. The minimum absolute atomic E-state index is 0.199. The van der Waals surface area contributed by atoms with E-state index in [0.29, 0.717) is 11.3 Å². The molecule has 0 bridgehead atoms. The fourth-order valence-corrected chi connectivity index (χ4v) is 2.37. The van der Waals surface area contributed by atoms with Crippen LogP contribution in [0.5, 0.6) is 5.75 Å². The first-order valence-corrected chi connectivity index (χ1v) is 7.07. The summed E-state index contributed by atoms with van der Waals surface area (Å²) in [6, 6.07) is 15.1. The molecule has 0 N–H and O–H groups in total. The number of benzene rings is 2. The van der Waals surface area contributed by atoms with E-state index < -0.39 is 9.84 Å². The lowest BCUT2D eigenvalue weighted by atomic mass is 10.2. The summed E-state index contributed by atoms with van der Waals surface area (Å²) in [5.41, 5.74) is 0.596. The van der Waals surface area contributed by atoms with Crippen molar-refractivity contribution in [2.45, 2.75) is 4.90 Å². The molecule has 0 aliphatic heterocycles. The molecule has 2 aromatic carbocycles. The van der Waals surface area contributed by atoms with Crippen molar-refractivity contribution in [3.05, 3.63) is 60.2 Å². The molecule has 19 heavy (non-hydrogen) atoms. The van der Waals surface area contributed by atoms with E-state index in [4.69, 9.17) is 4.74 Å². The van der Waals surface area contributed by atoms with E-state index in [2.05, 4.69) is 11.2 Å². The maximum atomic E-state index is 12.0. The molecular weight excluding hydrogens is 260 g/mol. The summed E-state index contributed by atoms with van der Waals surface area (Å²) in [6.45, 7) is 0. The molecule has 4 heteroatoms. The lowest BCUT2D eigenvalue weighted by Crippen LogP contribution is -1.96. The van der Waals surface area contributed by atoms with Gasteiger partial charge >= 0.3 is 0 Å². The Hall–Kier alpha value is -2.25. The smallest absolute Gasteiger partial charge is 0.245 e. The Bertz CT molecular complexity index is 723. The number of ether oxygens (including phenoxy) is 1. The first kappa shape index (κ1) is 13.2. The van der Waals surface area contributed by atoms with Gasteiger partial charge in [0.25, 0.3) is 0 Å². The van der Waals surface area contributed by atoms with E-state index in [1.54, 1.807) is 49.6 Å². The molecule has 96 valence electrons. The Balaban J connectivity index is 2.33. The second-order valence-electron chi connectivity index (χ2n) is 3.78. The Morgan fingerprint density at radius 1 is 1.00 bits per heavy atom. The topological polar surface area (TPSA) is 43.4 Å². The molecule has 0 radical (unpaired) electrons. The average Bonchev–Trinajstić information content (AvgIpc) is 2.46. The van der Waals surface area contributed by atoms with Gasteiger partial charge in [0.05, 0.1) is 12.0 Å². The highest BCUT2D eigenvalue weighted by Crippen LogP contribution is 2.12. The maximum absolute atomic E-state index is 12.0. The zero-order valence-corrected chi connectivity index (χ0v) is 11.1. The summed E-state index contributed by atoms with van der Waals surface area (Å²) in [6.07, 6.45) is 0. The molecule has 3 nitrogen and oxygen atoms in total. The molecule has 0 aliphatic rings. The maximum Gasteiger partial charge on any atom is 0.245 e. The van der Waals surface area contributed by atoms with Crippen LogP contribution in [0.1, 0.15) is 5.56 Å². The number of methoxy groups -OCH3 is 1. The Kier molecular flexibility index (Phi) is 3.88. The van der Waals surface area contributed by atoms with Crippen LogP contribution in [-0.4, -0.2) is 15.5 Å². The van der Waals surface area contributed by atoms with E-state index in [9.17, 15) is 8.42 Å². The molecule has 0 aliphatic carbocycles. The Labute approximate surface area is 112 Å². The van der Waals surface area contributed by atoms with Crippen LogP contribution >= 0.6 is 0 Å². The van der Waals surface area contributed by atoms with Crippen LogP contribution in [0.4, 0.5) is 0 Å². The van der Waals surface area contributed by atoms with Gasteiger partial charge in [-0.1, -0.05) is 24.3 Å². The van der Waals surface area contributed by atoms with Gasteiger partial charge in [0.1, 0.15) is 5.75 Å². The largest absolute Gasteiger partial charge is 0.497 e. The van der Waals surface area contributed by atoms with Crippen LogP contribution in [0.2, 0.25) is 0 Å². The molecule has 0 saturated carbocycles. The molecule has 0 aromatic heterocycles. The number of hydrogen-bond donors (Lipinski definition) is 0. The van der Waals surface area contributed by atoms with Crippen molar-refractivity contribution >= 4 is 9.84 Å². The quantitative estimate of drug-likeness (QED) is 0.789. The normalized spacial score (nSPS) is 10.4. The highest BCUT2D eigenvalue weighted by atomic mass is 32.2. The zero-order chi connectivity index (χ0) is 13.7. The monoisotopic (exact) mass is 272 g/mol. The van der Waals surface area contributed by atoms with Crippen molar-refractivity contribution in [3.63, 3.8) is 0 Å². The number of hydrogen-bond acceptors (Lipinski definition) is 3. The molecule has 2 rings (SSSR count). The predicted molar refractivity (Wildman–Crippen MR) is 73.5 cm³/mol. The van der Waals surface area contributed by atoms with E-state index in [1.165, 1.54) is 12.1 Å². The molecule has 0 heterocycles. The van der Waals surface area contributed by atoms with Crippen LogP contribution in [0.15, 0.2) is 59.5 Å². The molecule has 0 atom stereocenters. The van der Waals surface area contributed by atoms with E-state index in [1.807, 2.05) is 0 Å². The van der Waals surface area contributed by atoms with Gasteiger partial charge in [-0.25, -0.2) is 8.42 Å². The predicted octanol–water partition coefficient (Wildman–Crippen LogP) is 2.48. The summed E-state index contributed by atoms with van der Waals surface area (Å²) >= 11 is 0. The van der Waals surface area contributed by atoms with Crippen LogP contribution in [0.25, 0.3) is 0 Å². The molecule has 0 fully saturated rings. The average molecular weight is 272 g/mol. The van der Waals surface area contributed by atoms with Gasteiger partial charge in [-0.05, 0) is 36.3 Å². The first-order chi connectivity index (χ1) is 9.12. The lowest BCUT2D eigenvalue weighted by molar-refractivity contribution is 0.414. The van der Waals surface area contributed by atoms with Gasteiger partial charge in [0.15, 0.2) is 0 Å². The summed E-state index contributed by atoms with van der Waals surface area (Å²) in [5.74, 6) is 3.28. The minimum atomic E-state index is -3.58. The third-order valence-electron chi connectivity index (χ3n) is 2.45. The van der Waals surface area contributed by atoms with E-state index in [-0.39, 0.29) is 4.90 Å². The van der Waals surface area contributed by atoms with Gasteiger partial charge in [0.2, 0.25) is 9.84 Å². The van der Waals surface area contributed by atoms with Gasteiger partial charge in [0, 0.05) is 10.8 Å². The van der Waals surface area contributed by atoms with Gasteiger partial charge in [-0.2, -0.15) is 0 Å². The van der Waals surface area contributed by atoms with Crippen LogP contribution < -0.4 is 4.74 Å². The zero-order valence-electron chi connectivity index (χ0n) is 10.3. The Morgan fingerprint density at radius 2 is 1.74 bits per heavy atom. The molecule has 0 amide bonds. The fourth-order valence-electron chi connectivity index (χ4n) is 1.49. The van der Waals surface area contributed by atoms with Gasteiger partial charge < -0.3 is 4.74 Å². The van der Waals surface area contributed by atoms with Crippen LogP contribution in [-0.2, 0) is 9.84 Å². The second-order valence-corrected chi connectivity index (χ2v) is 5.46. The first-order valence-electron chi connectivity index (χ1n) is 5.59. The van der Waals surface area contributed by atoms with Crippen molar-refractivity contribution in [3.8, 4) is 16.9 Å². The molecule has 2 aromatic rings.